The molecule has 1 heterocycles. The fraction of sp³-hybridized carbons (Fsp3) is 0.458. The van der Waals surface area contributed by atoms with Crippen molar-refractivity contribution in [2.24, 2.45) is 0 Å². The average molecular weight is 488 g/mol. The Bertz CT molecular complexity index is 983. The van der Waals surface area contributed by atoms with Crippen LogP contribution in [0.3, 0.4) is 0 Å². The number of benzene rings is 2. The van der Waals surface area contributed by atoms with Gasteiger partial charge in [-0.1, -0.05) is 24.6 Å². The van der Waals surface area contributed by atoms with Crippen LogP contribution in [0, 0.1) is 0 Å². The largest absolute Gasteiger partial charge is 0.496 e. The van der Waals surface area contributed by atoms with E-state index in [1.165, 1.54) is 19.2 Å². The van der Waals surface area contributed by atoms with Crippen molar-refractivity contribution in [2.45, 2.75) is 44.1 Å². The normalized spacial score (nSPS) is 17.2. The molecule has 0 radical (unpaired) electrons. The molecule has 1 amide bonds. The Balaban J connectivity index is 2.47. The van der Waals surface area contributed by atoms with Gasteiger partial charge in [0.2, 0.25) is 5.91 Å². The fourth-order valence-corrected chi connectivity index (χ4v) is 4.53. The summed E-state index contributed by atoms with van der Waals surface area (Å²) in [5.41, 5.74) is -5.15. The number of piperidine rings is 1. The number of methoxy groups -OCH3 is 1. The Kier molecular flexibility index (Phi) is 7.50. The van der Waals surface area contributed by atoms with Gasteiger partial charge in [-0.25, -0.2) is 0 Å². The maximum Gasteiger partial charge on any atom is 0.416 e. The highest BCUT2D eigenvalue weighted by Gasteiger charge is 2.51. The van der Waals surface area contributed by atoms with Crippen molar-refractivity contribution in [1.82, 2.24) is 10.2 Å². The van der Waals surface area contributed by atoms with Crippen LogP contribution in [0.2, 0.25) is 0 Å². The molecule has 1 aliphatic heterocycles. The van der Waals surface area contributed by atoms with Crippen molar-refractivity contribution in [1.29, 1.82) is 0 Å². The van der Waals surface area contributed by atoms with Crippen molar-refractivity contribution in [3.8, 4) is 5.75 Å². The molecule has 0 aliphatic carbocycles. The number of likely N-dealkylation sites (tertiary alicyclic amines) is 1. The predicted octanol–water partition coefficient (Wildman–Crippen LogP) is 5.60. The van der Waals surface area contributed by atoms with Crippen molar-refractivity contribution in [2.75, 3.05) is 26.7 Å². The van der Waals surface area contributed by atoms with Crippen molar-refractivity contribution in [3.05, 3.63) is 64.7 Å². The lowest BCUT2D eigenvalue weighted by molar-refractivity contribution is -0.144. The summed E-state index contributed by atoms with van der Waals surface area (Å²) in [5.74, 6) is -0.529. The van der Waals surface area contributed by atoms with Gasteiger partial charge in [0, 0.05) is 12.1 Å². The highest BCUT2D eigenvalue weighted by molar-refractivity contribution is 5.92. The van der Waals surface area contributed by atoms with Gasteiger partial charge in [-0.2, -0.15) is 26.3 Å². The first-order chi connectivity index (χ1) is 16.0. The fourth-order valence-electron chi connectivity index (χ4n) is 4.53. The molecule has 2 aromatic carbocycles. The number of carbonyl (C=O) groups is 1. The summed E-state index contributed by atoms with van der Waals surface area (Å²) in [6.07, 6.45) is -7.98. The third-order valence-electron chi connectivity index (χ3n) is 6.00. The molecule has 0 saturated carbocycles. The summed E-state index contributed by atoms with van der Waals surface area (Å²) < 4.78 is 88.0. The maximum atomic E-state index is 13.8. The number of hydrogen-bond acceptors (Lipinski definition) is 3. The number of halogens is 6. The molecule has 0 aromatic heterocycles. The van der Waals surface area contributed by atoms with E-state index >= 15 is 0 Å². The maximum absolute atomic E-state index is 13.8. The number of amides is 1. The molecule has 3 rings (SSSR count). The Morgan fingerprint density at radius 3 is 1.94 bits per heavy atom. The van der Waals surface area contributed by atoms with Gasteiger partial charge in [0.25, 0.3) is 0 Å². The molecule has 0 bridgehead atoms. The van der Waals surface area contributed by atoms with Crippen LogP contribution in [0.15, 0.2) is 42.5 Å². The van der Waals surface area contributed by atoms with Crippen LogP contribution in [-0.4, -0.2) is 37.6 Å². The minimum absolute atomic E-state index is 0.0738. The molecule has 10 heteroatoms. The first-order valence-corrected chi connectivity index (χ1v) is 10.9. The Labute approximate surface area is 193 Å². The summed E-state index contributed by atoms with van der Waals surface area (Å²) in [7, 11) is 1.34. The second-order valence-electron chi connectivity index (χ2n) is 8.11. The first-order valence-electron chi connectivity index (χ1n) is 10.9. The predicted molar refractivity (Wildman–Crippen MR) is 114 cm³/mol. The van der Waals surface area contributed by atoms with Crippen LogP contribution >= 0.6 is 0 Å². The Morgan fingerprint density at radius 1 is 0.912 bits per heavy atom. The number of likely N-dealkylation sites (N-methyl/N-ethyl adjacent to an activating group) is 1. The number of rotatable bonds is 6. The molecule has 1 fully saturated rings. The minimum Gasteiger partial charge on any atom is -0.496 e. The molecular weight excluding hydrogens is 462 g/mol. The second-order valence-corrected chi connectivity index (χ2v) is 8.11. The first kappa shape index (κ1) is 25.9. The number of alkyl halides is 6. The van der Waals surface area contributed by atoms with Gasteiger partial charge in [-0.3, -0.25) is 9.69 Å². The van der Waals surface area contributed by atoms with Gasteiger partial charge in [0.05, 0.1) is 18.2 Å². The molecule has 1 saturated heterocycles. The zero-order chi connectivity index (χ0) is 25.1. The summed E-state index contributed by atoms with van der Waals surface area (Å²) in [5, 5.41) is 2.65. The smallest absolute Gasteiger partial charge is 0.416 e. The average Bonchev–Trinajstić information content (AvgIpc) is 2.79. The molecule has 1 atom stereocenters. The summed E-state index contributed by atoms with van der Waals surface area (Å²) >= 11 is 0. The van der Waals surface area contributed by atoms with Crippen LogP contribution in [0.1, 0.15) is 48.4 Å². The highest BCUT2D eigenvalue weighted by Crippen LogP contribution is 2.46. The van der Waals surface area contributed by atoms with Gasteiger partial charge in [0.1, 0.15) is 5.75 Å². The molecule has 0 spiro atoms. The molecule has 34 heavy (non-hydrogen) atoms. The van der Waals surface area contributed by atoms with Gasteiger partial charge >= 0.3 is 12.4 Å². The van der Waals surface area contributed by atoms with Gasteiger partial charge < -0.3 is 10.1 Å². The van der Waals surface area contributed by atoms with E-state index in [-0.39, 0.29) is 23.9 Å². The van der Waals surface area contributed by atoms with E-state index in [9.17, 15) is 31.1 Å². The third kappa shape index (κ3) is 4.87. The van der Waals surface area contributed by atoms with Crippen LogP contribution in [0.5, 0.6) is 5.75 Å². The van der Waals surface area contributed by atoms with E-state index in [4.69, 9.17) is 4.74 Å². The Morgan fingerprint density at radius 2 is 1.44 bits per heavy atom. The number of nitrogens with one attached hydrogen (secondary N) is 1. The Hall–Kier alpha value is -2.75. The summed E-state index contributed by atoms with van der Waals surface area (Å²) in [6, 6.07) is 7.60. The number of carbonyl (C=O) groups excluding carboxylic acids is 1. The monoisotopic (exact) mass is 488 g/mol. The van der Waals surface area contributed by atoms with Gasteiger partial charge in [0.15, 0.2) is 5.54 Å². The van der Waals surface area contributed by atoms with E-state index < -0.39 is 40.5 Å². The number of hydrogen-bond donors (Lipinski definition) is 1. The van der Waals surface area contributed by atoms with E-state index in [0.717, 1.165) is 6.42 Å². The third-order valence-corrected chi connectivity index (χ3v) is 6.00. The van der Waals surface area contributed by atoms with E-state index in [0.29, 0.717) is 38.1 Å². The zero-order valence-corrected chi connectivity index (χ0v) is 18.8. The minimum atomic E-state index is -5.05. The molecule has 1 unspecified atom stereocenters. The van der Waals surface area contributed by atoms with E-state index in [2.05, 4.69) is 5.32 Å². The highest BCUT2D eigenvalue weighted by atomic mass is 19.4. The number of ether oxygens (including phenoxy) is 1. The standard InChI is InChI=1S/C24H26F6N2O2/c1-3-31-21(33)22(32-11-7-4-8-12-32,19-9-5-6-10-20(19)34-2)16-13-17(23(25,26)27)15-18(14-16)24(28,29)30/h5-6,9-10,13-15H,3-4,7-8,11-12H2,1-2H3,(H,31,33). The van der Waals surface area contributed by atoms with E-state index in [1.807, 2.05) is 0 Å². The summed E-state index contributed by atoms with van der Waals surface area (Å²) in [4.78, 5) is 15.4. The zero-order valence-electron chi connectivity index (χ0n) is 18.8. The molecule has 1 N–H and O–H groups in total. The second kappa shape index (κ2) is 9.85. The number of para-hydroxylation sites is 1. The topological polar surface area (TPSA) is 41.6 Å². The van der Waals surface area contributed by atoms with Crippen molar-refractivity contribution >= 4 is 5.91 Å². The van der Waals surface area contributed by atoms with Crippen LogP contribution < -0.4 is 10.1 Å². The molecule has 2 aromatic rings. The van der Waals surface area contributed by atoms with Crippen molar-refractivity contribution < 1.29 is 35.9 Å². The van der Waals surface area contributed by atoms with Crippen LogP contribution in [0.4, 0.5) is 26.3 Å². The lowest BCUT2D eigenvalue weighted by atomic mass is 9.77. The van der Waals surface area contributed by atoms with Crippen molar-refractivity contribution in [3.63, 3.8) is 0 Å². The van der Waals surface area contributed by atoms with Gasteiger partial charge in [-0.15, -0.1) is 0 Å². The molecule has 186 valence electrons. The molecule has 4 nitrogen and oxygen atoms in total. The van der Waals surface area contributed by atoms with E-state index in [1.54, 1.807) is 24.0 Å². The molecule has 1 aliphatic rings. The molecular formula is C24H26F6N2O2. The lowest BCUT2D eigenvalue weighted by Crippen LogP contribution is -2.58. The number of nitrogens with zero attached hydrogens (tertiary/aromatic N) is 1. The quantitative estimate of drug-likeness (QED) is 0.539. The summed E-state index contributed by atoms with van der Waals surface area (Å²) in [6.45, 7) is 2.39. The lowest BCUT2D eigenvalue weighted by Gasteiger charge is -2.46. The van der Waals surface area contributed by atoms with Crippen LogP contribution in [0.25, 0.3) is 0 Å². The SMILES string of the molecule is CCNC(=O)C(c1cc(C(F)(F)F)cc(C(F)(F)F)c1)(c1ccccc1OC)N1CCCCC1. The van der Waals surface area contributed by atoms with Crippen LogP contribution in [-0.2, 0) is 22.7 Å². The van der Waals surface area contributed by atoms with Gasteiger partial charge in [-0.05, 0) is 62.7 Å².